The normalized spacial score (nSPS) is 25.0. The number of carbonyl (C=O) groups is 2. The summed E-state index contributed by atoms with van der Waals surface area (Å²) in [6.45, 7) is 1.62. The highest BCUT2D eigenvalue weighted by Gasteiger charge is 2.64. The van der Waals surface area contributed by atoms with Crippen molar-refractivity contribution in [1.29, 1.82) is 0 Å². The van der Waals surface area contributed by atoms with Crippen LogP contribution in [0.25, 0.3) is 10.8 Å². The van der Waals surface area contributed by atoms with Crippen molar-refractivity contribution in [3.8, 4) is 11.5 Å². The number of benzene rings is 4. The Balaban J connectivity index is 1.51. The standard InChI is InChI=1S/C33H29NO4/c1-34-20-25-22-12-2-4-16-27(22)37-18-6-7-19-38-28-17-5-3-13-23(28)31(35)30(25)33(34)26-15-9-11-21-10-8-14-24(29(21)26)32(33)36/h2-5,8-17,25,30H,6-7,18-20H2,1H3/t25-,30+,33-/m0/s1. The monoisotopic (exact) mass is 503 g/mol. The van der Waals surface area contributed by atoms with Crippen LogP contribution in [0.5, 0.6) is 11.5 Å². The van der Waals surface area contributed by atoms with Gasteiger partial charge in [0.25, 0.3) is 0 Å². The minimum Gasteiger partial charge on any atom is -0.493 e. The fourth-order valence-electron chi connectivity index (χ4n) is 7.04. The topological polar surface area (TPSA) is 55.8 Å². The Kier molecular flexibility index (Phi) is 5.38. The van der Waals surface area contributed by atoms with E-state index in [1.54, 1.807) is 0 Å². The van der Waals surface area contributed by atoms with Crippen LogP contribution in [0.2, 0.25) is 0 Å². The third kappa shape index (κ3) is 3.15. The molecule has 0 amide bonds. The molecule has 190 valence electrons. The van der Waals surface area contributed by atoms with E-state index in [0.717, 1.165) is 40.5 Å². The van der Waals surface area contributed by atoms with E-state index in [-0.39, 0.29) is 17.5 Å². The first-order chi connectivity index (χ1) is 18.6. The van der Waals surface area contributed by atoms with E-state index in [2.05, 4.69) is 11.0 Å². The van der Waals surface area contributed by atoms with Crippen LogP contribution in [0.15, 0.2) is 84.9 Å². The summed E-state index contributed by atoms with van der Waals surface area (Å²) in [5, 5.41) is 1.98. The number of ether oxygens (including phenoxy) is 2. The fraction of sp³-hybridized carbons (Fsp3) is 0.273. The quantitative estimate of drug-likeness (QED) is 0.294. The van der Waals surface area contributed by atoms with Crippen molar-refractivity contribution in [3.63, 3.8) is 0 Å². The molecule has 2 heterocycles. The van der Waals surface area contributed by atoms with Crippen LogP contribution in [0.4, 0.5) is 0 Å². The number of rotatable bonds is 0. The number of hydrogen-bond donors (Lipinski definition) is 0. The lowest BCUT2D eigenvalue weighted by atomic mass is 9.69. The first-order valence-electron chi connectivity index (χ1n) is 13.4. The third-order valence-corrected chi connectivity index (χ3v) is 8.64. The Morgan fingerprint density at radius 2 is 1.42 bits per heavy atom. The number of likely N-dealkylation sites (N-methyl/N-ethyl adjacent to an activating group) is 1. The number of ketones is 2. The first-order valence-corrected chi connectivity index (χ1v) is 13.4. The van der Waals surface area contributed by atoms with Gasteiger partial charge in [-0.15, -0.1) is 0 Å². The maximum absolute atomic E-state index is 14.9. The molecule has 1 aliphatic carbocycles. The van der Waals surface area contributed by atoms with Gasteiger partial charge >= 0.3 is 0 Å². The predicted octanol–water partition coefficient (Wildman–Crippen LogP) is 6.01. The first kappa shape index (κ1) is 23.2. The SMILES string of the molecule is CN1C[C@H]2c3ccccc3OCCCCOc3ccccc3C(=O)[C@@H]2[C@@]12C(=O)c1cccc3cccc2c13. The molecule has 0 saturated carbocycles. The molecule has 38 heavy (non-hydrogen) atoms. The molecule has 7 rings (SSSR count). The summed E-state index contributed by atoms with van der Waals surface area (Å²) >= 11 is 0. The van der Waals surface area contributed by atoms with Crippen molar-refractivity contribution in [3.05, 3.63) is 107 Å². The van der Waals surface area contributed by atoms with Crippen molar-refractivity contribution < 1.29 is 19.1 Å². The molecule has 4 aromatic carbocycles. The van der Waals surface area contributed by atoms with Gasteiger partial charge in [0.1, 0.15) is 17.0 Å². The van der Waals surface area contributed by atoms with Crippen LogP contribution >= 0.6 is 0 Å². The lowest BCUT2D eigenvalue weighted by Gasteiger charge is -2.37. The van der Waals surface area contributed by atoms with Crippen molar-refractivity contribution in [2.45, 2.75) is 24.3 Å². The second-order valence-electron chi connectivity index (χ2n) is 10.6. The summed E-state index contributed by atoms with van der Waals surface area (Å²) in [7, 11) is 1.98. The lowest BCUT2D eigenvalue weighted by Crippen LogP contribution is -2.50. The molecule has 0 radical (unpaired) electrons. The van der Waals surface area contributed by atoms with Crippen LogP contribution in [0.3, 0.4) is 0 Å². The van der Waals surface area contributed by atoms with Crippen LogP contribution in [-0.4, -0.2) is 43.3 Å². The van der Waals surface area contributed by atoms with E-state index in [9.17, 15) is 9.59 Å². The summed E-state index contributed by atoms with van der Waals surface area (Å²) in [6.07, 6.45) is 1.66. The highest BCUT2D eigenvalue weighted by molar-refractivity contribution is 6.22. The van der Waals surface area contributed by atoms with Crippen molar-refractivity contribution in [2.75, 3.05) is 26.8 Å². The summed E-state index contributed by atoms with van der Waals surface area (Å²) in [5.74, 6) is 0.390. The average Bonchev–Trinajstić information content (AvgIpc) is 3.39. The van der Waals surface area contributed by atoms with E-state index in [1.807, 2.05) is 85.9 Å². The molecule has 0 aromatic heterocycles. The third-order valence-electron chi connectivity index (χ3n) is 8.64. The number of hydrogen-bond acceptors (Lipinski definition) is 5. The molecule has 1 fully saturated rings. The number of para-hydroxylation sites is 2. The minimum atomic E-state index is -1.12. The molecule has 5 heteroatoms. The fourth-order valence-corrected chi connectivity index (χ4v) is 7.04. The lowest BCUT2D eigenvalue weighted by molar-refractivity contribution is 0.0571. The molecule has 0 unspecified atom stereocenters. The molecule has 1 spiro atoms. The maximum Gasteiger partial charge on any atom is 0.189 e. The minimum absolute atomic E-state index is 0.00577. The number of fused-ring (bicyclic) bond motifs is 6. The van der Waals surface area contributed by atoms with Gasteiger partial charge in [0.2, 0.25) is 0 Å². The van der Waals surface area contributed by atoms with Gasteiger partial charge in [-0.2, -0.15) is 0 Å². The summed E-state index contributed by atoms with van der Waals surface area (Å²) in [5.41, 5.74) is 2.00. The van der Waals surface area contributed by atoms with Crippen molar-refractivity contribution >= 4 is 22.3 Å². The molecule has 5 nitrogen and oxygen atoms in total. The molecule has 3 aliphatic rings. The van der Waals surface area contributed by atoms with E-state index in [4.69, 9.17) is 9.47 Å². The highest BCUT2D eigenvalue weighted by Crippen LogP contribution is 2.58. The van der Waals surface area contributed by atoms with E-state index >= 15 is 0 Å². The maximum atomic E-state index is 14.9. The van der Waals surface area contributed by atoms with Gasteiger partial charge in [-0.25, -0.2) is 0 Å². The Labute approximate surface area is 222 Å². The van der Waals surface area contributed by atoms with Crippen LogP contribution in [0.1, 0.15) is 50.6 Å². The summed E-state index contributed by atoms with van der Waals surface area (Å²) < 4.78 is 12.4. The molecule has 3 atom stereocenters. The molecule has 0 N–H and O–H groups in total. The number of likely N-dealkylation sites (tertiary alicyclic amines) is 1. The average molecular weight is 504 g/mol. The zero-order valence-corrected chi connectivity index (χ0v) is 21.4. The summed E-state index contributed by atoms with van der Waals surface area (Å²) in [4.78, 5) is 31.6. The molecule has 2 aliphatic heterocycles. The van der Waals surface area contributed by atoms with Gasteiger partial charge in [-0.05, 0) is 60.0 Å². The van der Waals surface area contributed by atoms with Crippen LogP contribution in [-0.2, 0) is 5.54 Å². The van der Waals surface area contributed by atoms with Gasteiger partial charge in [0.15, 0.2) is 11.6 Å². The van der Waals surface area contributed by atoms with E-state index in [1.165, 1.54) is 0 Å². The van der Waals surface area contributed by atoms with E-state index < -0.39 is 11.5 Å². The Bertz CT molecular complexity index is 1590. The number of Topliss-reactive ketones (excluding diaryl/α,β-unsaturated/α-hetero) is 2. The van der Waals surface area contributed by atoms with Crippen LogP contribution in [0, 0.1) is 5.92 Å². The smallest absolute Gasteiger partial charge is 0.189 e. The molecule has 1 saturated heterocycles. The van der Waals surface area contributed by atoms with Gasteiger partial charge < -0.3 is 9.47 Å². The zero-order valence-electron chi connectivity index (χ0n) is 21.4. The predicted molar refractivity (Wildman–Crippen MR) is 146 cm³/mol. The zero-order chi connectivity index (χ0) is 25.9. The second kappa shape index (κ2) is 8.81. The van der Waals surface area contributed by atoms with Gasteiger partial charge in [0.05, 0.1) is 24.7 Å². The van der Waals surface area contributed by atoms with E-state index in [0.29, 0.717) is 36.6 Å². The number of carbonyl (C=O) groups excluding carboxylic acids is 2. The largest absolute Gasteiger partial charge is 0.493 e. The van der Waals surface area contributed by atoms with Gasteiger partial charge in [-0.1, -0.05) is 66.7 Å². The van der Waals surface area contributed by atoms with Crippen molar-refractivity contribution in [1.82, 2.24) is 4.90 Å². The Hall–Kier alpha value is -3.96. The Morgan fingerprint density at radius 3 is 2.24 bits per heavy atom. The molecular weight excluding hydrogens is 474 g/mol. The van der Waals surface area contributed by atoms with Gasteiger partial charge in [0, 0.05) is 18.0 Å². The second-order valence-corrected chi connectivity index (χ2v) is 10.6. The van der Waals surface area contributed by atoms with Crippen LogP contribution < -0.4 is 9.47 Å². The molecule has 0 bridgehead atoms. The molecular formula is C33H29NO4. The Morgan fingerprint density at radius 1 is 0.763 bits per heavy atom. The molecule has 4 aromatic rings. The van der Waals surface area contributed by atoms with Gasteiger partial charge in [-0.3, -0.25) is 14.5 Å². The highest BCUT2D eigenvalue weighted by atomic mass is 16.5. The summed E-state index contributed by atoms with van der Waals surface area (Å²) in [6, 6.07) is 27.4. The van der Waals surface area contributed by atoms with Crippen molar-refractivity contribution in [2.24, 2.45) is 5.92 Å². The number of nitrogens with zero attached hydrogens (tertiary/aromatic N) is 1.